The molecule has 0 bridgehead atoms. The third-order valence-electron chi connectivity index (χ3n) is 4.33. The molecule has 1 aromatic rings. The summed E-state index contributed by atoms with van der Waals surface area (Å²) in [6, 6.07) is 6.04. The maximum absolute atomic E-state index is 12.3. The summed E-state index contributed by atoms with van der Waals surface area (Å²) >= 11 is 0. The Kier molecular flexibility index (Phi) is 7.33. The van der Waals surface area contributed by atoms with Crippen molar-refractivity contribution >= 4 is 11.7 Å². The number of carbonyl (C=O) groups excluding carboxylic acids is 1. The van der Waals surface area contributed by atoms with E-state index < -0.39 is 0 Å². The van der Waals surface area contributed by atoms with Crippen LogP contribution in [-0.2, 0) is 4.79 Å². The molecule has 5 nitrogen and oxygen atoms in total. The SMILES string of the molecule is CCCN(CCC)C(=O)CCN1CCN(c2ccccn2)CC1. The summed E-state index contributed by atoms with van der Waals surface area (Å²) in [7, 11) is 0. The van der Waals surface area contributed by atoms with Crippen molar-refractivity contribution in [3.05, 3.63) is 24.4 Å². The quantitative estimate of drug-likeness (QED) is 0.737. The summed E-state index contributed by atoms with van der Waals surface area (Å²) < 4.78 is 0. The Balaban J connectivity index is 1.73. The molecule has 1 aliphatic heterocycles. The van der Waals surface area contributed by atoms with Gasteiger partial charge in [0.15, 0.2) is 0 Å². The van der Waals surface area contributed by atoms with Gasteiger partial charge in [-0.25, -0.2) is 4.98 Å². The van der Waals surface area contributed by atoms with Crippen LogP contribution in [0, 0.1) is 0 Å². The predicted octanol–water partition coefficient (Wildman–Crippen LogP) is 2.24. The van der Waals surface area contributed by atoms with Crippen LogP contribution in [0.1, 0.15) is 33.1 Å². The average molecular weight is 318 g/mol. The summed E-state index contributed by atoms with van der Waals surface area (Å²) in [6.45, 7) is 10.9. The maximum Gasteiger partial charge on any atom is 0.223 e. The molecule has 0 saturated carbocycles. The third-order valence-corrected chi connectivity index (χ3v) is 4.33. The molecule has 128 valence electrons. The summed E-state index contributed by atoms with van der Waals surface area (Å²) in [6.07, 6.45) is 4.56. The minimum absolute atomic E-state index is 0.306. The number of hydrogen-bond donors (Lipinski definition) is 0. The Morgan fingerprint density at radius 1 is 1.13 bits per heavy atom. The first-order chi connectivity index (χ1) is 11.2. The second kappa shape index (κ2) is 9.50. The van der Waals surface area contributed by atoms with Gasteiger partial charge in [-0.05, 0) is 25.0 Å². The number of carbonyl (C=O) groups is 1. The van der Waals surface area contributed by atoms with E-state index in [0.717, 1.165) is 64.5 Å². The molecule has 2 heterocycles. The van der Waals surface area contributed by atoms with Crippen molar-refractivity contribution < 1.29 is 4.79 Å². The summed E-state index contributed by atoms with van der Waals surface area (Å²) in [5.41, 5.74) is 0. The summed E-state index contributed by atoms with van der Waals surface area (Å²) in [5.74, 6) is 1.36. The second-order valence-electron chi connectivity index (χ2n) is 6.15. The standard InChI is InChI=1S/C18H30N4O/c1-3-10-22(11-4-2)18(23)8-12-20-13-15-21(16-14-20)17-7-5-6-9-19-17/h5-7,9H,3-4,8,10-16H2,1-2H3. The van der Waals surface area contributed by atoms with E-state index in [4.69, 9.17) is 0 Å². The second-order valence-corrected chi connectivity index (χ2v) is 6.15. The van der Waals surface area contributed by atoms with Gasteiger partial charge in [0, 0.05) is 58.4 Å². The molecular weight excluding hydrogens is 288 g/mol. The van der Waals surface area contributed by atoms with Crippen molar-refractivity contribution in [1.29, 1.82) is 0 Å². The van der Waals surface area contributed by atoms with Gasteiger partial charge in [0.05, 0.1) is 0 Å². The number of piperazine rings is 1. The fourth-order valence-corrected chi connectivity index (χ4v) is 3.05. The normalized spacial score (nSPS) is 15.7. The highest BCUT2D eigenvalue weighted by Gasteiger charge is 2.19. The number of nitrogens with zero attached hydrogens (tertiary/aromatic N) is 4. The molecule has 0 spiro atoms. The topological polar surface area (TPSA) is 39.7 Å². The van der Waals surface area contributed by atoms with E-state index in [9.17, 15) is 4.79 Å². The first kappa shape index (κ1) is 17.7. The van der Waals surface area contributed by atoms with Gasteiger partial charge >= 0.3 is 0 Å². The lowest BCUT2D eigenvalue weighted by atomic mass is 10.2. The fraction of sp³-hybridized carbons (Fsp3) is 0.667. The first-order valence-corrected chi connectivity index (χ1v) is 8.90. The lowest BCUT2D eigenvalue weighted by Gasteiger charge is -2.35. The molecule has 5 heteroatoms. The Labute approximate surface area is 140 Å². The lowest BCUT2D eigenvalue weighted by molar-refractivity contribution is -0.131. The molecule has 2 rings (SSSR count). The minimum atomic E-state index is 0.306. The van der Waals surface area contributed by atoms with Crippen molar-refractivity contribution in [3.8, 4) is 0 Å². The Hall–Kier alpha value is -1.62. The van der Waals surface area contributed by atoms with Gasteiger partial charge in [0.2, 0.25) is 5.91 Å². The Morgan fingerprint density at radius 3 is 2.39 bits per heavy atom. The molecule has 1 saturated heterocycles. The molecule has 1 amide bonds. The molecule has 0 atom stereocenters. The van der Waals surface area contributed by atoms with Crippen LogP contribution < -0.4 is 4.90 Å². The highest BCUT2D eigenvalue weighted by atomic mass is 16.2. The van der Waals surface area contributed by atoms with Crippen molar-refractivity contribution in [2.75, 3.05) is 50.7 Å². The maximum atomic E-state index is 12.3. The number of anilines is 1. The van der Waals surface area contributed by atoms with Crippen molar-refractivity contribution in [2.45, 2.75) is 33.1 Å². The Bertz CT molecular complexity index is 451. The van der Waals surface area contributed by atoms with E-state index in [0.29, 0.717) is 12.3 Å². The van der Waals surface area contributed by atoms with E-state index in [1.807, 2.05) is 23.2 Å². The van der Waals surface area contributed by atoms with E-state index in [-0.39, 0.29) is 0 Å². The molecule has 1 aliphatic rings. The highest BCUT2D eigenvalue weighted by Crippen LogP contribution is 2.12. The van der Waals surface area contributed by atoms with Gasteiger partial charge in [-0.1, -0.05) is 19.9 Å². The summed E-state index contributed by atoms with van der Waals surface area (Å²) in [5, 5.41) is 0. The van der Waals surface area contributed by atoms with E-state index in [2.05, 4.69) is 34.7 Å². The molecule has 0 aromatic carbocycles. The third kappa shape index (κ3) is 5.50. The predicted molar refractivity (Wildman–Crippen MR) is 94.7 cm³/mol. The van der Waals surface area contributed by atoms with Gasteiger partial charge < -0.3 is 9.80 Å². The number of hydrogen-bond acceptors (Lipinski definition) is 4. The number of amides is 1. The van der Waals surface area contributed by atoms with Crippen LogP contribution in [0.25, 0.3) is 0 Å². The van der Waals surface area contributed by atoms with Gasteiger partial charge in [0.1, 0.15) is 5.82 Å². The smallest absolute Gasteiger partial charge is 0.223 e. The van der Waals surface area contributed by atoms with Crippen LogP contribution in [0.15, 0.2) is 24.4 Å². The van der Waals surface area contributed by atoms with Crippen LogP contribution in [0.2, 0.25) is 0 Å². The molecule has 23 heavy (non-hydrogen) atoms. The van der Waals surface area contributed by atoms with Crippen LogP contribution in [0.3, 0.4) is 0 Å². The van der Waals surface area contributed by atoms with Crippen molar-refractivity contribution in [3.63, 3.8) is 0 Å². The monoisotopic (exact) mass is 318 g/mol. The zero-order chi connectivity index (χ0) is 16.5. The fourth-order valence-electron chi connectivity index (χ4n) is 3.05. The van der Waals surface area contributed by atoms with E-state index in [1.165, 1.54) is 0 Å². The van der Waals surface area contributed by atoms with Crippen LogP contribution in [-0.4, -0.2) is 66.5 Å². The number of rotatable bonds is 8. The van der Waals surface area contributed by atoms with Crippen molar-refractivity contribution in [2.24, 2.45) is 0 Å². The van der Waals surface area contributed by atoms with Crippen LogP contribution in [0.5, 0.6) is 0 Å². The molecule has 1 fully saturated rings. The van der Waals surface area contributed by atoms with Gasteiger partial charge in [-0.3, -0.25) is 9.69 Å². The van der Waals surface area contributed by atoms with E-state index in [1.54, 1.807) is 0 Å². The van der Waals surface area contributed by atoms with Gasteiger partial charge in [-0.2, -0.15) is 0 Å². The minimum Gasteiger partial charge on any atom is -0.354 e. The molecule has 0 aliphatic carbocycles. The zero-order valence-electron chi connectivity index (χ0n) is 14.6. The zero-order valence-corrected chi connectivity index (χ0v) is 14.6. The van der Waals surface area contributed by atoms with Crippen LogP contribution >= 0.6 is 0 Å². The largest absolute Gasteiger partial charge is 0.354 e. The highest BCUT2D eigenvalue weighted by molar-refractivity contribution is 5.76. The molecule has 1 aromatic heterocycles. The van der Waals surface area contributed by atoms with E-state index >= 15 is 0 Å². The lowest BCUT2D eigenvalue weighted by Crippen LogP contribution is -2.47. The molecule has 0 radical (unpaired) electrons. The molecule has 0 unspecified atom stereocenters. The Morgan fingerprint density at radius 2 is 1.83 bits per heavy atom. The number of aromatic nitrogens is 1. The first-order valence-electron chi connectivity index (χ1n) is 8.90. The molecule has 0 N–H and O–H groups in total. The summed E-state index contributed by atoms with van der Waals surface area (Å²) in [4.78, 5) is 23.5. The average Bonchev–Trinajstić information content (AvgIpc) is 2.61. The van der Waals surface area contributed by atoms with Crippen LogP contribution in [0.4, 0.5) is 5.82 Å². The van der Waals surface area contributed by atoms with Gasteiger partial charge in [-0.15, -0.1) is 0 Å². The number of pyridine rings is 1. The van der Waals surface area contributed by atoms with Crippen molar-refractivity contribution in [1.82, 2.24) is 14.8 Å². The van der Waals surface area contributed by atoms with Gasteiger partial charge in [0.25, 0.3) is 0 Å². The molecular formula is C18H30N4O.